The van der Waals surface area contributed by atoms with Crippen molar-refractivity contribution in [1.82, 2.24) is 5.32 Å². The molecule has 0 atom stereocenters. The monoisotopic (exact) mass is 257 g/mol. The summed E-state index contributed by atoms with van der Waals surface area (Å²) >= 11 is 7.37. The maximum Gasteiger partial charge on any atom is 0.188 e. The van der Waals surface area contributed by atoms with E-state index in [0.29, 0.717) is 12.5 Å². The van der Waals surface area contributed by atoms with Gasteiger partial charge < -0.3 is 11.1 Å². The van der Waals surface area contributed by atoms with Crippen LogP contribution in [0.4, 0.5) is 0 Å². The van der Waals surface area contributed by atoms with Crippen molar-refractivity contribution < 1.29 is 0 Å². The number of hydrogen-bond donors (Lipinski definition) is 2. The molecule has 0 amide bonds. The summed E-state index contributed by atoms with van der Waals surface area (Å²) in [5, 5.41) is 3.16. The minimum absolute atomic E-state index is 0.538. The van der Waals surface area contributed by atoms with Crippen molar-refractivity contribution in [3.8, 4) is 0 Å². The summed E-state index contributed by atoms with van der Waals surface area (Å²) in [6, 6.07) is 3.87. The van der Waals surface area contributed by atoms with Gasteiger partial charge in [0.2, 0.25) is 0 Å². The fourth-order valence-electron chi connectivity index (χ4n) is 1.60. The number of nitrogens with one attached hydrogen (secondary N) is 1. The molecule has 1 aliphatic carbocycles. The highest BCUT2D eigenvalue weighted by Gasteiger charge is 2.16. The summed E-state index contributed by atoms with van der Waals surface area (Å²) in [4.78, 5) is 5.41. The van der Waals surface area contributed by atoms with Gasteiger partial charge >= 0.3 is 0 Å². The zero-order chi connectivity index (χ0) is 11.4. The molecule has 16 heavy (non-hydrogen) atoms. The number of thiophene rings is 1. The fourth-order valence-corrected chi connectivity index (χ4v) is 2.61. The lowest BCUT2D eigenvalue weighted by Gasteiger charge is -2.25. The number of aliphatic imine (C=N–C) groups is 1. The first-order valence-electron chi connectivity index (χ1n) is 5.52. The van der Waals surface area contributed by atoms with Crippen LogP contribution < -0.4 is 11.1 Å². The standard InChI is InChI=1S/C11H16ClN3S/c12-10-5-4-9(16-10)7-15-11(13)14-6-8-2-1-3-8/h4-5,8H,1-3,6-7H2,(H3,13,14,15). The number of guanidine groups is 1. The van der Waals surface area contributed by atoms with Crippen molar-refractivity contribution >= 4 is 28.9 Å². The second kappa shape index (κ2) is 5.55. The summed E-state index contributed by atoms with van der Waals surface area (Å²) in [6.07, 6.45) is 4.00. The lowest BCUT2D eigenvalue weighted by atomic mass is 9.85. The molecule has 0 radical (unpaired) electrons. The Bertz CT molecular complexity index is 371. The molecule has 0 bridgehead atoms. The Labute approximate surface area is 105 Å². The van der Waals surface area contributed by atoms with Crippen LogP contribution in [0.2, 0.25) is 4.34 Å². The molecular formula is C11H16ClN3S. The van der Waals surface area contributed by atoms with Crippen molar-refractivity contribution in [1.29, 1.82) is 0 Å². The van der Waals surface area contributed by atoms with Gasteiger partial charge in [-0.25, -0.2) is 4.99 Å². The van der Waals surface area contributed by atoms with Crippen molar-refractivity contribution in [2.45, 2.75) is 25.8 Å². The van der Waals surface area contributed by atoms with Crippen LogP contribution in [-0.4, -0.2) is 12.5 Å². The molecule has 1 fully saturated rings. The highest BCUT2D eigenvalue weighted by Crippen LogP contribution is 2.25. The molecule has 88 valence electrons. The number of hydrogen-bond acceptors (Lipinski definition) is 2. The van der Waals surface area contributed by atoms with Gasteiger partial charge in [0, 0.05) is 11.4 Å². The maximum absolute atomic E-state index is 5.83. The van der Waals surface area contributed by atoms with Crippen LogP contribution in [0.5, 0.6) is 0 Å². The first-order chi connectivity index (χ1) is 7.74. The zero-order valence-corrected chi connectivity index (χ0v) is 10.7. The van der Waals surface area contributed by atoms with Crippen molar-refractivity contribution in [3.05, 3.63) is 21.3 Å². The molecule has 5 heteroatoms. The van der Waals surface area contributed by atoms with Crippen molar-refractivity contribution in [3.63, 3.8) is 0 Å². The Balaban J connectivity index is 1.73. The predicted molar refractivity (Wildman–Crippen MR) is 70.0 cm³/mol. The van der Waals surface area contributed by atoms with E-state index in [1.54, 1.807) is 11.3 Å². The van der Waals surface area contributed by atoms with E-state index in [1.807, 2.05) is 12.1 Å². The average molecular weight is 258 g/mol. The summed E-state index contributed by atoms with van der Waals surface area (Å²) in [6.45, 7) is 1.57. The quantitative estimate of drug-likeness (QED) is 0.644. The topological polar surface area (TPSA) is 50.4 Å². The van der Waals surface area contributed by atoms with Gasteiger partial charge in [0.05, 0.1) is 10.9 Å². The van der Waals surface area contributed by atoms with Crippen LogP contribution >= 0.6 is 22.9 Å². The minimum atomic E-state index is 0.538. The van der Waals surface area contributed by atoms with Gasteiger partial charge in [-0.15, -0.1) is 11.3 Å². The largest absolute Gasteiger partial charge is 0.370 e. The third-order valence-electron chi connectivity index (χ3n) is 2.83. The second-order valence-corrected chi connectivity index (χ2v) is 5.88. The molecule has 1 aromatic rings. The van der Waals surface area contributed by atoms with Gasteiger partial charge in [0.25, 0.3) is 0 Å². The molecule has 1 aromatic heterocycles. The predicted octanol–water partition coefficient (Wildman–Crippen LogP) is 2.61. The molecule has 3 N–H and O–H groups in total. The Morgan fingerprint density at radius 2 is 2.38 bits per heavy atom. The molecule has 0 aromatic carbocycles. The normalized spacial score (nSPS) is 17.2. The summed E-state index contributed by atoms with van der Waals surface area (Å²) in [5.74, 6) is 1.33. The van der Waals surface area contributed by atoms with Gasteiger partial charge in [0.15, 0.2) is 5.96 Å². The summed E-state index contributed by atoms with van der Waals surface area (Å²) in [5.41, 5.74) is 5.77. The van der Waals surface area contributed by atoms with Gasteiger partial charge in [-0.3, -0.25) is 0 Å². The SMILES string of the molecule is NC(=NCc1ccc(Cl)s1)NCC1CCC1. The Morgan fingerprint density at radius 3 is 2.94 bits per heavy atom. The van der Waals surface area contributed by atoms with E-state index in [9.17, 15) is 0 Å². The van der Waals surface area contributed by atoms with Gasteiger partial charge in [-0.1, -0.05) is 18.0 Å². The first kappa shape index (κ1) is 11.7. The first-order valence-corrected chi connectivity index (χ1v) is 6.71. The van der Waals surface area contributed by atoms with Gasteiger partial charge in [-0.2, -0.15) is 0 Å². The van der Waals surface area contributed by atoms with E-state index < -0.39 is 0 Å². The van der Waals surface area contributed by atoms with E-state index in [0.717, 1.165) is 21.7 Å². The second-order valence-electron chi connectivity index (χ2n) is 4.09. The van der Waals surface area contributed by atoms with E-state index in [4.69, 9.17) is 17.3 Å². The van der Waals surface area contributed by atoms with E-state index >= 15 is 0 Å². The molecule has 0 saturated heterocycles. The minimum Gasteiger partial charge on any atom is -0.370 e. The van der Waals surface area contributed by atoms with E-state index in [-0.39, 0.29) is 0 Å². The highest BCUT2D eigenvalue weighted by atomic mass is 35.5. The number of nitrogens with zero attached hydrogens (tertiary/aromatic N) is 1. The van der Waals surface area contributed by atoms with Gasteiger partial charge in [0.1, 0.15) is 0 Å². The fraction of sp³-hybridized carbons (Fsp3) is 0.545. The number of rotatable bonds is 4. The Kier molecular flexibility index (Phi) is 4.07. The molecule has 0 aliphatic heterocycles. The Hall–Kier alpha value is -0.740. The van der Waals surface area contributed by atoms with Crippen molar-refractivity contribution in [2.75, 3.05) is 6.54 Å². The molecule has 1 aliphatic rings. The van der Waals surface area contributed by atoms with Crippen LogP contribution in [0.1, 0.15) is 24.1 Å². The maximum atomic E-state index is 5.83. The molecule has 3 nitrogen and oxygen atoms in total. The smallest absolute Gasteiger partial charge is 0.188 e. The van der Waals surface area contributed by atoms with Crippen molar-refractivity contribution in [2.24, 2.45) is 16.6 Å². The van der Waals surface area contributed by atoms with Gasteiger partial charge in [-0.05, 0) is 30.9 Å². The van der Waals surface area contributed by atoms with E-state index in [2.05, 4.69) is 10.3 Å². The summed E-state index contributed by atoms with van der Waals surface area (Å²) in [7, 11) is 0. The Morgan fingerprint density at radius 1 is 1.56 bits per heavy atom. The molecule has 1 heterocycles. The third-order valence-corrected chi connectivity index (χ3v) is 4.05. The summed E-state index contributed by atoms with van der Waals surface area (Å²) < 4.78 is 0.797. The van der Waals surface area contributed by atoms with Crippen LogP contribution in [-0.2, 0) is 6.54 Å². The van der Waals surface area contributed by atoms with Crippen LogP contribution in [0.15, 0.2) is 17.1 Å². The molecule has 1 saturated carbocycles. The van der Waals surface area contributed by atoms with Crippen LogP contribution in [0.3, 0.4) is 0 Å². The lowest BCUT2D eigenvalue weighted by Crippen LogP contribution is -2.37. The number of nitrogens with two attached hydrogens (primary N) is 1. The highest BCUT2D eigenvalue weighted by molar-refractivity contribution is 7.16. The van der Waals surface area contributed by atoms with E-state index in [1.165, 1.54) is 19.3 Å². The number of halogens is 1. The third kappa shape index (κ3) is 3.39. The molecule has 0 unspecified atom stereocenters. The zero-order valence-electron chi connectivity index (χ0n) is 9.08. The molecule has 2 rings (SSSR count). The lowest BCUT2D eigenvalue weighted by molar-refractivity contribution is 0.315. The molecular weight excluding hydrogens is 242 g/mol. The average Bonchev–Trinajstić information content (AvgIpc) is 2.59. The van der Waals surface area contributed by atoms with Crippen LogP contribution in [0.25, 0.3) is 0 Å². The molecule has 0 spiro atoms. The van der Waals surface area contributed by atoms with Crippen LogP contribution in [0, 0.1) is 5.92 Å².